The summed E-state index contributed by atoms with van der Waals surface area (Å²) in [7, 11) is 8.89. The Morgan fingerprint density at radius 1 is 0.667 bits per heavy atom. The Labute approximate surface area is 174 Å². The number of hydrogen-bond donors (Lipinski definition) is 1. The van der Waals surface area contributed by atoms with E-state index >= 15 is 0 Å². The van der Waals surface area contributed by atoms with Crippen molar-refractivity contribution in [3.63, 3.8) is 0 Å². The molecule has 0 radical (unpaired) electrons. The lowest BCUT2D eigenvalue weighted by Gasteiger charge is -2.31. The van der Waals surface area contributed by atoms with Crippen LogP contribution in [0.25, 0.3) is 5.57 Å². The van der Waals surface area contributed by atoms with Gasteiger partial charge < -0.3 is 33.5 Å². The van der Waals surface area contributed by atoms with Gasteiger partial charge in [0.1, 0.15) is 46.2 Å². The molecule has 3 rings (SSSR count). The number of hydrogen-bond acceptors (Lipinski definition) is 8. The van der Waals surface area contributed by atoms with Gasteiger partial charge in [-0.1, -0.05) is 0 Å². The van der Waals surface area contributed by atoms with Gasteiger partial charge in [-0.15, -0.1) is 0 Å². The zero-order valence-corrected chi connectivity index (χ0v) is 17.7. The minimum atomic E-state index is -0.952. The van der Waals surface area contributed by atoms with Gasteiger partial charge in [-0.05, 0) is 0 Å². The second kappa shape index (κ2) is 8.44. The van der Waals surface area contributed by atoms with Crippen molar-refractivity contribution in [2.75, 3.05) is 42.7 Å². The Morgan fingerprint density at radius 3 is 1.40 bits per heavy atom. The Balaban J connectivity index is 2.19. The molecule has 0 bridgehead atoms. The molecule has 0 fully saturated rings. The summed E-state index contributed by atoms with van der Waals surface area (Å²) < 4.78 is 32.2. The number of rotatable bonds is 8. The highest BCUT2D eigenvalue weighted by Crippen LogP contribution is 2.53. The van der Waals surface area contributed by atoms with E-state index in [1.54, 1.807) is 24.3 Å². The molecule has 1 aliphatic rings. The molecule has 8 nitrogen and oxygen atoms in total. The first kappa shape index (κ1) is 21.2. The molecule has 0 amide bonds. The Hall–Kier alpha value is -3.55. The SMILES string of the molecule is COc1cc(OC)c(C2=C(O)C(c3c(OC)cc(OC)cc3OC)C2=O)c(OC)c1. The van der Waals surface area contributed by atoms with Crippen LogP contribution in [-0.4, -0.2) is 53.5 Å². The van der Waals surface area contributed by atoms with Gasteiger partial charge >= 0.3 is 0 Å². The molecule has 0 aliphatic heterocycles. The number of aliphatic hydroxyl groups excluding tert-OH is 1. The van der Waals surface area contributed by atoms with Gasteiger partial charge in [-0.3, -0.25) is 4.79 Å². The number of benzene rings is 2. The van der Waals surface area contributed by atoms with Gasteiger partial charge in [0.2, 0.25) is 0 Å². The number of ether oxygens (including phenoxy) is 6. The standard InChI is InChI=1S/C22H24O8/c1-25-11-7-13(27-3)17(14(8-11)28-4)19-21(23)20(22(19)24)18-15(29-5)9-12(26-2)10-16(18)30-6/h7-10,19,23H,1-6H3. The van der Waals surface area contributed by atoms with Gasteiger partial charge in [0.05, 0.1) is 59.4 Å². The van der Waals surface area contributed by atoms with Crippen LogP contribution in [0, 0.1) is 0 Å². The molecule has 0 heterocycles. The number of ketones is 1. The fourth-order valence-corrected chi connectivity index (χ4v) is 3.55. The fourth-order valence-electron chi connectivity index (χ4n) is 3.55. The Bertz CT molecular complexity index is 958. The highest BCUT2D eigenvalue weighted by molar-refractivity contribution is 6.33. The molecule has 2 aromatic rings. The molecule has 2 aromatic carbocycles. The van der Waals surface area contributed by atoms with Crippen LogP contribution in [0.5, 0.6) is 34.5 Å². The van der Waals surface area contributed by atoms with Crippen molar-refractivity contribution in [3.05, 3.63) is 41.2 Å². The summed E-state index contributed by atoms with van der Waals surface area (Å²) in [6.45, 7) is 0. The van der Waals surface area contributed by atoms with E-state index in [2.05, 4.69) is 0 Å². The molecule has 30 heavy (non-hydrogen) atoms. The predicted octanol–water partition coefficient (Wildman–Crippen LogP) is 3.37. The molecule has 8 heteroatoms. The van der Waals surface area contributed by atoms with Crippen molar-refractivity contribution in [1.82, 2.24) is 0 Å². The van der Waals surface area contributed by atoms with Crippen LogP contribution in [0.1, 0.15) is 17.0 Å². The van der Waals surface area contributed by atoms with Gasteiger partial charge in [0.15, 0.2) is 5.78 Å². The normalized spacial score (nSPS) is 15.4. The lowest BCUT2D eigenvalue weighted by atomic mass is 9.74. The topological polar surface area (TPSA) is 92.7 Å². The van der Waals surface area contributed by atoms with E-state index in [1.807, 2.05) is 0 Å². The minimum absolute atomic E-state index is 0.108. The smallest absolute Gasteiger partial charge is 0.182 e. The Morgan fingerprint density at radius 2 is 1.07 bits per heavy atom. The predicted molar refractivity (Wildman–Crippen MR) is 109 cm³/mol. The van der Waals surface area contributed by atoms with E-state index < -0.39 is 5.92 Å². The molecule has 0 spiro atoms. The average molecular weight is 416 g/mol. The zero-order valence-electron chi connectivity index (χ0n) is 17.7. The number of Topliss-reactive ketones (excluding diaryl/α,β-unsaturated/α-hetero) is 1. The molecular weight excluding hydrogens is 392 g/mol. The van der Waals surface area contributed by atoms with Crippen LogP contribution in [0.3, 0.4) is 0 Å². The quantitative estimate of drug-likeness (QED) is 0.700. The lowest BCUT2D eigenvalue weighted by molar-refractivity contribution is -0.116. The van der Waals surface area contributed by atoms with Crippen molar-refractivity contribution < 1.29 is 38.3 Å². The van der Waals surface area contributed by atoms with Crippen molar-refractivity contribution in [3.8, 4) is 34.5 Å². The monoisotopic (exact) mass is 416 g/mol. The van der Waals surface area contributed by atoms with Crippen LogP contribution in [0.15, 0.2) is 30.0 Å². The van der Waals surface area contributed by atoms with E-state index in [0.29, 0.717) is 45.6 Å². The van der Waals surface area contributed by atoms with Crippen molar-refractivity contribution in [2.24, 2.45) is 0 Å². The molecule has 0 aromatic heterocycles. The first-order valence-corrected chi connectivity index (χ1v) is 9.03. The third-order valence-corrected chi connectivity index (χ3v) is 5.05. The summed E-state index contributed by atoms with van der Waals surface area (Å²) >= 11 is 0. The van der Waals surface area contributed by atoms with Crippen LogP contribution >= 0.6 is 0 Å². The van der Waals surface area contributed by atoms with Gasteiger partial charge in [-0.2, -0.15) is 0 Å². The number of carbonyl (C=O) groups excluding carboxylic acids is 1. The first-order chi connectivity index (χ1) is 14.4. The second-order valence-electron chi connectivity index (χ2n) is 6.41. The van der Waals surface area contributed by atoms with E-state index in [-0.39, 0.29) is 17.1 Å². The Kier molecular flexibility index (Phi) is 5.96. The van der Waals surface area contributed by atoms with Gasteiger partial charge in [-0.25, -0.2) is 0 Å². The zero-order chi connectivity index (χ0) is 22.0. The largest absolute Gasteiger partial charge is 0.510 e. The molecular formula is C22H24O8. The minimum Gasteiger partial charge on any atom is -0.510 e. The van der Waals surface area contributed by atoms with Crippen LogP contribution in [0.2, 0.25) is 0 Å². The third kappa shape index (κ3) is 3.24. The summed E-state index contributed by atoms with van der Waals surface area (Å²) in [6.07, 6.45) is 0. The average Bonchev–Trinajstić information content (AvgIpc) is 2.78. The van der Waals surface area contributed by atoms with Crippen LogP contribution in [-0.2, 0) is 4.79 Å². The number of methoxy groups -OCH3 is 6. The maximum atomic E-state index is 13.3. The highest BCUT2D eigenvalue weighted by atomic mass is 16.5. The molecule has 0 saturated heterocycles. The first-order valence-electron chi connectivity index (χ1n) is 9.03. The molecule has 1 N–H and O–H groups in total. The number of aliphatic hydroxyl groups is 1. The van der Waals surface area contributed by atoms with E-state index in [1.165, 1.54) is 42.7 Å². The summed E-state index contributed by atoms with van der Waals surface area (Å²) in [6, 6.07) is 6.50. The van der Waals surface area contributed by atoms with Gasteiger partial charge in [0, 0.05) is 24.3 Å². The van der Waals surface area contributed by atoms with Crippen LogP contribution in [0.4, 0.5) is 0 Å². The maximum absolute atomic E-state index is 13.3. The van der Waals surface area contributed by atoms with E-state index in [9.17, 15) is 9.90 Å². The number of carbonyl (C=O) groups is 1. The fraction of sp³-hybridized carbons (Fsp3) is 0.318. The summed E-state index contributed by atoms with van der Waals surface area (Å²) in [5, 5.41) is 11.0. The summed E-state index contributed by atoms with van der Waals surface area (Å²) in [5.74, 6) is 0.997. The molecule has 0 saturated carbocycles. The number of allylic oxidation sites excluding steroid dienone is 2. The summed E-state index contributed by atoms with van der Waals surface area (Å²) in [4.78, 5) is 13.3. The van der Waals surface area contributed by atoms with Crippen molar-refractivity contribution in [1.29, 1.82) is 0 Å². The van der Waals surface area contributed by atoms with Crippen molar-refractivity contribution in [2.45, 2.75) is 5.92 Å². The molecule has 1 aliphatic carbocycles. The molecule has 1 unspecified atom stereocenters. The highest BCUT2D eigenvalue weighted by Gasteiger charge is 2.46. The maximum Gasteiger partial charge on any atom is 0.182 e. The van der Waals surface area contributed by atoms with Gasteiger partial charge in [0.25, 0.3) is 0 Å². The second-order valence-corrected chi connectivity index (χ2v) is 6.41. The van der Waals surface area contributed by atoms with E-state index in [4.69, 9.17) is 28.4 Å². The lowest BCUT2D eigenvalue weighted by Crippen LogP contribution is -2.29. The van der Waals surface area contributed by atoms with Crippen LogP contribution < -0.4 is 28.4 Å². The van der Waals surface area contributed by atoms with E-state index in [0.717, 1.165) is 0 Å². The summed E-state index contributed by atoms with van der Waals surface area (Å²) in [5.41, 5.74) is 0.876. The molecule has 160 valence electrons. The third-order valence-electron chi connectivity index (χ3n) is 5.05. The molecule has 1 atom stereocenters. The van der Waals surface area contributed by atoms with Crippen molar-refractivity contribution >= 4 is 11.4 Å².